The first kappa shape index (κ1) is 17.4. The molecule has 0 fully saturated rings. The summed E-state index contributed by atoms with van der Waals surface area (Å²) >= 11 is 1.40. The molecule has 0 bridgehead atoms. The summed E-state index contributed by atoms with van der Waals surface area (Å²) in [5.74, 6) is -0.255. The number of hydrogen-bond acceptors (Lipinski definition) is 3. The van der Waals surface area contributed by atoms with Crippen molar-refractivity contribution in [1.29, 1.82) is 0 Å². The molecule has 2 nitrogen and oxygen atoms in total. The first-order chi connectivity index (χ1) is 9.50. The lowest BCUT2D eigenvalue weighted by atomic mass is 9.96. The van der Waals surface area contributed by atoms with Crippen molar-refractivity contribution in [2.45, 2.75) is 43.5 Å². The molecule has 0 aromatic heterocycles. The van der Waals surface area contributed by atoms with E-state index in [2.05, 4.69) is 5.32 Å². The summed E-state index contributed by atoms with van der Waals surface area (Å²) in [5, 5.41) is 12.6. The normalized spacial score (nSPS) is 14.2. The number of hydrogen-bond donors (Lipinski definition) is 2. The van der Waals surface area contributed by atoms with Gasteiger partial charge in [-0.1, -0.05) is 13.3 Å². The number of thioether (sulfide) groups is 1. The lowest BCUT2D eigenvalue weighted by molar-refractivity contribution is 0.165. The molecule has 0 radical (unpaired) electrons. The largest absolute Gasteiger partial charge is 0.394 e. The maximum Gasteiger partial charge on any atom is 0.139 e. The highest BCUT2D eigenvalue weighted by molar-refractivity contribution is 7.99. The van der Waals surface area contributed by atoms with E-state index < -0.39 is 11.6 Å². The monoisotopic (exact) mass is 303 g/mol. The zero-order valence-electron chi connectivity index (χ0n) is 12.1. The summed E-state index contributed by atoms with van der Waals surface area (Å²) < 4.78 is 26.2. The Morgan fingerprint density at radius 2 is 2.05 bits per heavy atom. The van der Waals surface area contributed by atoms with Crippen molar-refractivity contribution < 1.29 is 13.9 Å². The van der Waals surface area contributed by atoms with E-state index in [4.69, 9.17) is 0 Å². The summed E-state index contributed by atoms with van der Waals surface area (Å²) in [5.41, 5.74) is -0.236. The van der Waals surface area contributed by atoms with E-state index in [0.717, 1.165) is 37.6 Å². The second kappa shape index (κ2) is 8.60. The number of nitrogens with one attached hydrogen (secondary N) is 1. The molecule has 0 amide bonds. The number of halogens is 2. The number of likely N-dealkylation sites (N-methyl/N-ethyl adjacent to an activating group) is 1. The third kappa shape index (κ3) is 5.77. The molecule has 2 N–H and O–H groups in total. The molecule has 1 aromatic rings. The molecule has 0 aliphatic carbocycles. The Bertz CT molecular complexity index is 417. The van der Waals surface area contributed by atoms with Gasteiger partial charge in [0.2, 0.25) is 0 Å². The van der Waals surface area contributed by atoms with Gasteiger partial charge in [0.1, 0.15) is 11.6 Å². The SMILES string of the molecule is CCNC(C)(CO)CCCCSc1ccc(F)cc1F. The van der Waals surface area contributed by atoms with Gasteiger partial charge in [-0.25, -0.2) is 8.78 Å². The minimum Gasteiger partial charge on any atom is -0.394 e. The predicted octanol–water partition coefficient (Wildman–Crippen LogP) is 3.59. The first-order valence-electron chi connectivity index (χ1n) is 6.94. The zero-order valence-corrected chi connectivity index (χ0v) is 12.9. The van der Waals surface area contributed by atoms with E-state index in [1.54, 1.807) is 0 Å². The van der Waals surface area contributed by atoms with E-state index >= 15 is 0 Å². The molecule has 0 aliphatic heterocycles. The van der Waals surface area contributed by atoms with Gasteiger partial charge in [-0.15, -0.1) is 11.8 Å². The van der Waals surface area contributed by atoms with Crippen LogP contribution in [0, 0.1) is 11.6 Å². The van der Waals surface area contributed by atoms with Gasteiger partial charge in [-0.3, -0.25) is 0 Å². The smallest absolute Gasteiger partial charge is 0.139 e. The molecule has 1 aromatic carbocycles. The Hall–Kier alpha value is -0.650. The van der Waals surface area contributed by atoms with Crippen LogP contribution in [-0.2, 0) is 0 Å². The van der Waals surface area contributed by atoms with Crippen LogP contribution in [0.2, 0.25) is 0 Å². The van der Waals surface area contributed by atoms with Crippen molar-refractivity contribution >= 4 is 11.8 Å². The maximum absolute atomic E-state index is 13.4. The van der Waals surface area contributed by atoms with Crippen LogP contribution >= 0.6 is 11.8 Å². The third-order valence-electron chi connectivity index (χ3n) is 3.23. The first-order valence-corrected chi connectivity index (χ1v) is 7.93. The minimum atomic E-state index is -0.545. The predicted molar refractivity (Wildman–Crippen MR) is 80.1 cm³/mol. The second-order valence-corrected chi connectivity index (χ2v) is 6.27. The van der Waals surface area contributed by atoms with Crippen molar-refractivity contribution in [1.82, 2.24) is 5.32 Å². The average molecular weight is 303 g/mol. The van der Waals surface area contributed by atoms with E-state index in [1.165, 1.54) is 23.9 Å². The van der Waals surface area contributed by atoms with Crippen LogP contribution < -0.4 is 5.32 Å². The van der Waals surface area contributed by atoms with E-state index in [9.17, 15) is 13.9 Å². The van der Waals surface area contributed by atoms with Crippen molar-refractivity contribution in [2.24, 2.45) is 0 Å². The molecule has 0 saturated heterocycles. The number of benzene rings is 1. The molecule has 1 unspecified atom stereocenters. The van der Waals surface area contributed by atoms with Crippen molar-refractivity contribution in [3.8, 4) is 0 Å². The summed E-state index contributed by atoms with van der Waals surface area (Å²) in [4.78, 5) is 0.489. The second-order valence-electron chi connectivity index (χ2n) is 5.13. The van der Waals surface area contributed by atoms with Gasteiger partial charge in [0, 0.05) is 16.5 Å². The lowest BCUT2D eigenvalue weighted by Crippen LogP contribution is -2.45. The fourth-order valence-electron chi connectivity index (χ4n) is 2.04. The summed E-state index contributed by atoms with van der Waals surface area (Å²) in [6, 6.07) is 3.67. The molecular weight excluding hydrogens is 280 g/mol. The molecule has 114 valence electrons. The minimum absolute atomic E-state index is 0.112. The quantitative estimate of drug-likeness (QED) is 0.540. The highest BCUT2D eigenvalue weighted by Crippen LogP contribution is 2.24. The molecule has 0 aliphatic rings. The maximum atomic E-state index is 13.4. The van der Waals surface area contributed by atoms with E-state index in [0.29, 0.717) is 4.90 Å². The van der Waals surface area contributed by atoms with Crippen molar-refractivity contribution in [3.05, 3.63) is 29.8 Å². The van der Waals surface area contributed by atoms with Gasteiger partial charge in [-0.05, 0) is 44.2 Å². The Morgan fingerprint density at radius 1 is 1.30 bits per heavy atom. The number of aliphatic hydroxyl groups is 1. The van der Waals surface area contributed by atoms with Gasteiger partial charge in [-0.2, -0.15) is 0 Å². The van der Waals surface area contributed by atoms with Crippen LogP contribution in [0.25, 0.3) is 0 Å². The molecule has 0 spiro atoms. The topological polar surface area (TPSA) is 32.3 Å². The highest BCUT2D eigenvalue weighted by atomic mass is 32.2. The zero-order chi connectivity index (χ0) is 15.0. The van der Waals surface area contributed by atoms with Crippen molar-refractivity contribution in [2.75, 3.05) is 18.9 Å². The Morgan fingerprint density at radius 3 is 2.65 bits per heavy atom. The van der Waals surface area contributed by atoms with Crippen LogP contribution in [0.3, 0.4) is 0 Å². The summed E-state index contributed by atoms with van der Waals surface area (Å²) in [6.45, 7) is 4.96. The number of aliphatic hydroxyl groups excluding tert-OH is 1. The van der Waals surface area contributed by atoms with E-state index in [-0.39, 0.29) is 12.1 Å². The summed E-state index contributed by atoms with van der Waals surface area (Å²) in [6.07, 6.45) is 2.77. The molecule has 1 atom stereocenters. The van der Waals surface area contributed by atoms with Gasteiger partial charge in [0.05, 0.1) is 6.61 Å². The van der Waals surface area contributed by atoms with Crippen LogP contribution in [0.15, 0.2) is 23.1 Å². The molecule has 0 saturated carbocycles. The number of rotatable bonds is 9. The van der Waals surface area contributed by atoms with Gasteiger partial charge < -0.3 is 10.4 Å². The van der Waals surface area contributed by atoms with Gasteiger partial charge >= 0.3 is 0 Å². The van der Waals surface area contributed by atoms with Crippen LogP contribution in [0.4, 0.5) is 8.78 Å². The standard InChI is InChI=1S/C15H23F2NOS/c1-3-18-15(2,11-19)8-4-5-9-20-14-7-6-12(16)10-13(14)17/h6-7,10,18-19H,3-5,8-9,11H2,1-2H3. The fourth-order valence-corrected chi connectivity index (χ4v) is 2.97. The average Bonchev–Trinajstić information content (AvgIpc) is 2.41. The molecule has 5 heteroatoms. The van der Waals surface area contributed by atoms with Crippen molar-refractivity contribution in [3.63, 3.8) is 0 Å². The molecular formula is C15H23F2NOS. The van der Waals surface area contributed by atoms with Crippen LogP contribution in [0.5, 0.6) is 0 Å². The number of unbranched alkanes of at least 4 members (excludes halogenated alkanes) is 1. The van der Waals surface area contributed by atoms with Crippen LogP contribution in [-0.4, -0.2) is 29.5 Å². The Kier molecular flexibility index (Phi) is 7.48. The van der Waals surface area contributed by atoms with E-state index in [1.807, 2.05) is 13.8 Å². The molecule has 20 heavy (non-hydrogen) atoms. The summed E-state index contributed by atoms with van der Waals surface area (Å²) in [7, 11) is 0. The third-order valence-corrected chi connectivity index (χ3v) is 4.36. The van der Waals surface area contributed by atoms with Crippen LogP contribution in [0.1, 0.15) is 33.1 Å². The fraction of sp³-hybridized carbons (Fsp3) is 0.600. The lowest BCUT2D eigenvalue weighted by Gasteiger charge is -2.28. The molecule has 0 heterocycles. The Labute approximate surface area is 124 Å². The van der Waals surface area contributed by atoms with Gasteiger partial charge in [0.25, 0.3) is 0 Å². The molecule has 1 rings (SSSR count). The Balaban J connectivity index is 2.28. The van der Waals surface area contributed by atoms with Gasteiger partial charge in [0.15, 0.2) is 0 Å². The highest BCUT2D eigenvalue weighted by Gasteiger charge is 2.20.